The molecule has 0 aliphatic carbocycles. The van der Waals surface area contributed by atoms with Crippen LogP contribution in [0.5, 0.6) is 0 Å². The van der Waals surface area contributed by atoms with E-state index in [1.54, 1.807) is 43.0 Å². The molecule has 2 aromatic carbocycles. The lowest BCUT2D eigenvalue weighted by Gasteiger charge is -1.82. The van der Waals surface area contributed by atoms with E-state index in [4.69, 9.17) is 14.4 Å². The molecule has 0 spiro atoms. The van der Waals surface area contributed by atoms with Crippen molar-refractivity contribution < 1.29 is 18.7 Å². The molecule has 0 saturated carbocycles. The highest BCUT2D eigenvalue weighted by Crippen LogP contribution is 1.98. The second-order valence-electron chi connectivity index (χ2n) is 5.25. The molecular weight excluding hydrogens is 473 g/mol. The Hall–Kier alpha value is -2.73. The summed E-state index contributed by atoms with van der Waals surface area (Å²) >= 11 is 0. The Labute approximate surface area is 201 Å². The zero-order valence-electron chi connectivity index (χ0n) is 17.4. The molecule has 172 valence electrons. The Morgan fingerprint density at radius 1 is 0.625 bits per heavy atom. The average molecular weight is 500 g/mol. The molecule has 2 N–H and O–H groups in total. The van der Waals surface area contributed by atoms with Crippen molar-refractivity contribution >= 4 is 33.1 Å². The highest BCUT2D eigenvalue weighted by molar-refractivity contribution is 7.30. The first-order chi connectivity index (χ1) is 14.5. The molecule has 0 radical (unpaired) electrons. The Bertz CT molecular complexity index is 741. The lowest BCUT2D eigenvalue weighted by Crippen LogP contribution is -1.63. The number of halogens is 3. The quantitative estimate of drug-likeness (QED) is 0.271. The molecule has 0 aliphatic rings. The molecule has 0 fully saturated rings. The normalized spacial score (nSPS) is 7.62. The summed E-state index contributed by atoms with van der Waals surface area (Å²) in [5, 5.41) is 0. The van der Waals surface area contributed by atoms with Crippen molar-refractivity contribution in [3.63, 3.8) is 0 Å². The van der Waals surface area contributed by atoms with E-state index in [9.17, 15) is 4.39 Å². The first-order valence-electron chi connectivity index (χ1n) is 8.79. The highest BCUT2D eigenvalue weighted by Gasteiger charge is 1.93. The highest BCUT2D eigenvalue weighted by atomic mass is 35.5. The predicted molar refractivity (Wildman–Crippen MR) is 133 cm³/mol. The van der Waals surface area contributed by atoms with E-state index in [1.165, 1.54) is 17.7 Å². The molecule has 0 bridgehead atoms. The van der Waals surface area contributed by atoms with Crippen LogP contribution in [0.3, 0.4) is 0 Å². The molecule has 4 aromatic rings. The predicted octanol–water partition coefficient (Wildman–Crippen LogP) is 6.46. The van der Waals surface area contributed by atoms with Crippen molar-refractivity contribution in [2.45, 2.75) is 6.92 Å². The monoisotopic (exact) mass is 499 g/mol. The number of hydrogen-bond acceptors (Lipinski definition) is 3. The van der Waals surface area contributed by atoms with Crippen LogP contribution in [0.1, 0.15) is 5.56 Å². The van der Waals surface area contributed by atoms with Crippen molar-refractivity contribution in [2.24, 2.45) is 0 Å². The van der Waals surface area contributed by atoms with Gasteiger partial charge in [0.2, 0.25) is 0 Å². The minimum atomic E-state index is -2.87. The lowest BCUT2D eigenvalue weighted by atomic mass is 10.2. The second-order valence-corrected chi connectivity index (χ2v) is 5.76. The third-order valence-electron chi connectivity index (χ3n) is 2.81. The van der Waals surface area contributed by atoms with Gasteiger partial charge in [-0.3, -0.25) is 9.97 Å². The summed E-state index contributed by atoms with van der Waals surface area (Å²) in [7, 11) is -2.87. The summed E-state index contributed by atoms with van der Waals surface area (Å²) in [5.41, 5.74) is 1.32. The average Bonchev–Trinajstić information content (AvgIpc) is 2.78. The van der Waals surface area contributed by atoms with Crippen LogP contribution < -0.4 is 0 Å². The maximum atomic E-state index is 11.9. The van der Waals surface area contributed by atoms with Gasteiger partial charge in [0.25, 0.3) is 0 Å². The summed E-state index contributed by atoms with van der Waals surface area (Å²) in [6.45, 7) is 2.08. The van der Waals surface area contributed by atoms with Crippen LogP contribution in [0.25, 0.3) is 0 Å². The van der Waals surface area contributed by atoms with Crippen molar-refractivity contribution in [3.8, 4) is 0 Å². The Morgan fingerprint density at radius 3 is 1.03 bits per heavy atom. The SMILES string of the molecule is Cc1ccccc1.Cl.Cl.Fc1ccccc1.O=[P+](O)O.c1ccncc1.c1ccncc1. The molecule has 9 heteroatoms. The van der Waals surface area contributed by atoms with Gasteiger partial charge in [-0.25, -0.2) is 4.39 Å². The van der Waals surface area contributed by atoms with E-state index in [0.717, 1.165) is 0 Å². The molecule has 4 rings (SSSR count). The fourth-order valence-corrected chi connectivity index (χ4v) is 1.57. The van der Waals surface area contributed by atoms with E-state index < -0.39 is 8.25 Å². The van der Waals surface area contributed by atoms with E-state index in [2.05, 4.69) is 29.0 Å². The topological polar surface area (TPSA) is 83.3 Å². The van der Waals surface area contributed by atoms with Crippen molar-refractivity contribution in [2.75, 3.05) is 0 Å². The summed E-state index contributed by atoms with van der Waals surface area (Å²) in [5.74, 6) is -0.178. The number of nitrogens with zero attached hydrogens (tertiary/aromatic N) is 2. The van der Waals surface area contributed by atoms with Gasteiger partial charge in [-0.1, -0.05) is 66.2 Å². The largest absolute Gasteiger partial charge is 0.692 e. The van der Waals surface area contributed by atoms with Crippen molar-refractivity contribution in [1.82, 2.24) is 9.97 Å². The van der Waals surface area contributed by atoms with Gasteiger partial charge >= 0.3 is 8.25 Å². The molecule has 32 heavy (non-hydrogen) atoms. The van der Waals surface area contributed by atoms with Crippen molar-refractivity contribution in [1.29, 1.82) is 0 Å². The van der Waals surface area contributed by atoms with E-state index >= 15 is 0 Å². The third-order valence-corrected chi connectivity index (χ3v) is 2.81. The van der Waals surface area contributed by atoms with Crippen LogP contribution in [0, 0.1) is 12.7 Å². The van der Waals surface area contributed by atoms with Crippen LogP contribution in [0.4, 0.5) is 4.39 Å². The molecule has 2 aromatic heterocycles. The van der Waals surface area contributed by atoms with Gasteiger partial charge in [0, 0.05) is 29.4 Å². The number of pyridine rings is 2. The smallest absolute Gasteiger partial charge is 0.265 e. The van der Waals surface area contributed by atoms with Crippen LogP contribution in [-0.2, 0) is 4.57 Å². The summed E-state index contributed by atoms with van der Waals surface area (Å²) in [4.78, 5) is 21.8. The molecule has 2 heterocycles. The van der Waals surface area contributed by atoms with E-state index in [-0.39, 0.29) is 30.6 Å². The Balaban J connectivity index is -0.000000327. The number of aromatic nitrogens is 2. The molecule has 0 saturated heterocycles. The molecule has 0 amide bonds. The summed E-state index contributed by atoms with van der Waals surface area (Å²) in [6.07, 6.45) is 7.00. The molecule has 5 nitrogen and oxygen atoms in total. The first-order valence-corrected chi connectivity index (χ1v) is 9.96. The zero-order valence-corrected chi connectivity index (χ0v) is 19.9. The van der Waals surface area contributed by atoms with Crippen LogP contribution in [0.2, 0.25) is 0 Å². The first kappa shape index (κ1) is 33.9. The zero-order chi connectivity index (χ0) is 22.3. The van der Waals surface area contributed by atoms with Crippen LogP contribution >= 0.6 is 33.1 Å². The molecular formula is C23H27Cl2FN2O3P+. The van der Waals surface area contributed by atoms with Crippen LogP contribution in [0.15, 0.2) is 122 Å². The van der Waals surface area contributed by atoms with E-state index in [0.29, 0.717) is 0 Å². The fraction of sp³-hybridized carbons (Fsp3) is 0.0435. The van der Waals surface area contributed by atoms with Gasteiger partial charge in [0.15, 0.2) is 0 Å². The molecule has 0 aliphatic heterocycles. The maximum absolute atomic E-state index is 11.9. The summed E-state index contributed by atoms with van der Waals surface area (Å²) in [6, 6.07) is 29.6. The number of benzene rings is 2. The maximum Gasteiger partial charge on any atom is 0.692 e. The number of rotatable bonds is 0. The number of hydrogen-bond donors (Lipinski definition) is 2. The van der Waals surface area contributed by atoms with Gasteiger partial charge < -0.3 is 0 Å². The molecule has 0 unspecified atom stereocenters. The Morgan fingerprint density at radius 2 is 0.906 bits per heavy atom. The fourth-order valence-electron chi connectivity index (χ4n) is 1.57. The second kappa shape index (κ2) is 26.3. The van der Waals surface area contributed by atoms with Gasteiger partial charge in [0.1, 0.15) is 5.82 Å². The van der Waals surface area contributed by atoms with Crippen molar-refractivity contribution in [3.05, 3.63) is 133 Å². The van der Waals surface area contributed by atoms with E-state index in [1.807, 2.05) is 54.6 Å². The summed E-state index contributed by atoms with van der Waals surface area (Å²) < 4.78 is 20.6. The van der Waals surface area contributed by atoms with Gasteiger partial charge in [-0.2, -0.15) is 0 Å². The Kier molecular flexibility index (Phi) is 27.9. The minimum Gasteiger partial charge on any atom is -0.265 e. The molecule has 0 atom stereocenters. The van der Waals surface area contributed by atoms with Gasteiger partial charge in [-0.15, -0.1) is 34.6 Å². The third kappa shape index (κ3) is 29.5. The standard InChI is InChI=1S/C7H8.C6H5F.2C5H5N.2ClH.HO3P/c1-7-5-3-2-4-6-7;7-6-4-2-1-3-5-6;2*1-2-4-6-5-3-1;;;1-4(2)3/h2-6H,1H3;1-5H;2*1-5H;2*1H;(H-,1,2,3)/p+1. The number of aryl methyl sites for hydroxylation is 1. The van der Waals surface area contributed by atoms with Crippen LogP contribution in [-0.4, -0.2) is 19.8 Å². The minimum absolute atomic E-state index is 0. The van der Waals surface area contributed by atoms with Gasteiger partial charge in [-0.05, 0) is 43.3 Å². The van der Waals surface area contributed by atoms with Gasteiger partial charge in [0.05, 0.1) is 0 Å². The lowest BCUT2D eigenvalue weighted by molar-refractivity contribution is 0.405.